The summed E-state index contributed by atoms with van der Waals surface area (Å²) in [5, 5.41) is 17.0. The maximum Gasteiger partial charge on any atom is 0.270 e. The third kappa shape index (κ3) is 3.13. The normalized spacial score (nSPS) is 15.4. The van der Waals surface area contributed by atoms with E-state index >= 15 is 0 Å². The van der Waals surface area contributed by atoms with Crippen LogP contribution < -0.4 is 10.6 Å². The highest BCUT2D eigenvalue weighted by atomic mass is 16.6. The van der Waals surface area contributed by atoms with Crippen LogP contribution in [0.5, 0.6) is 0 Å². The van der Waals surface area contributed by atoms with Crippen LogP contribution in [0.25, 0.3) is 11.1 Å². The van der Waals surface area contributed by atoms with Gasteiger partial charge in [-0.25, -0.2) is 0 Å². The molecule has 0 saturated heterocycles. The van der Waals surface area contributed by atoms with Gasteiger partial charge >= 0.3 is 0 Å². The van der Waals surface area contributed by atoms with E-state index in [4.69, 9.17) is 0 Å². The maximum atomic E-state index is 12.4. The third-order valence-electron chi connectivity index (χ3n) is 4.73. The van der Waals surface area contributed by atoms with Gasteiger partial charge in [0, 0.05) is 17.8 Å². The molecule has 0 bridgehead atoms. The molecular formula is C21H17N3O3. The number of nitro groups is 1. The number of nitrogens with one attached hydrogen (secondary N) is 2. The van der Waals surface area contributed by atoms with E-state index in [1.54, 1.807) is 6.07 Å². The van der Waals surface area contributed by atoms with Gasteiger partial charge in [-0.15, -0.1) is 0 Å². The van der Waals surface area contributed by atoms with Gasteiger partial charge in [0.25, 0.3) is 11.6 Å². The standard InChI is InChI=1S/C21H17N3O3/c1-13-4-2-3-5-17(13)14-6-8-15(9-7-14)20-22-19-11-10-16(24(26)27)12-18(19)21(25)23-20/h2-12,20,22H,1H3,(H,23,25). The first kappa shape index (κ1) is 16.8. The van der Waals surface area contributed by atoms with Gasteiger partial charge in [-0.3, -0.25) is 14.9 Å². The molecule has 1 heterocycles. The number of non-ortho nitro benzene ring substituents is 1. The molecule has 0 spiro atoms. The Kier molecular flexibility index (Phi) is 4.08. The number of carbonyl (C=O) groups excluding carboxylic acids is 1. The fourth-order valence-electron chi connectivity index (χ4n) is 3.28. The van der Waals surface area contributed by atoms with Crippen LogP contribution in [0, 0.1) is 17.0 Å². The highest BCUT2D eigenvalue weighted by Gasteiger charge is 2.26. The molecule has 1 amide bonds. The minimum absolute atomic E-state index is 0.105. The lowest BCUT2D eigenvalue weighted by atomic mass is 9.98. The molecule has 1 unspecified atom stereocenters. The van der Waals surface area contributed by atoms with Crippen LogP contribution in [-0.4, -0.2) is 10.8 Å². The molecule has 0 fully saturated rings. The minimum Gasteiger partial charge on any atom is -0.361 e. The van der Waals surface area contributed by atoms with Crippen molar-refractivity contribution in [1.29, 1.82) is 0 Å². The molecule has 3 aromatic rings. The highest BCUT2D eigenvalue weighted by molar-refractivity contribution is 6.02. The van der Waals surface area contributed by atoms with E-state index in [0.717, 1.165) is 11.1 Å². The predicted octanol–water partition coefficient (Wildman–Crippen LogP) is 4.42. The molecular weight excluding hydrogens is 342 g/mol. The molecule has 0 aromatic heterocycles. The van der Waals surface area contributed by atoms with Crippen molar-refractivity contribution < 1.29 is 9.72 Å². The number of carbonyl (C=O) groups is 1. The first-order valence-electron chi connectivity index (χ1n) is 8.55. The van der Waals surface area contributed by atoms with E-state index in [2.05, 4.69) is 29.7 Å². The zero-order valence-electron chi connectivity index (χ0n) is 14.6. The average molecular weight is 359 g/mol. The Morgan fingerprint density at radius 3 is 2.37 bits per heavy atom. The van der Waals surface area contributed by atoms with E-state index in [-0.39, 0.29) is 17.2 Å². The molecule has 0 aliphatic carbocycles. The zero-order valence-corrected chi connectivity index (χ0v) is 14.6. The van der Waals surface area contributed by atoms with E-state index in [9.17, 15) is 14.9 Å². The number of nitro benzene ring substituents is 1. The van der Waals surface area contributed by atoms with Crippen molar-refractivity contribution in [2.75, 3.05) is 5.32 Å². The lowest BCUT2D eigenvalue weighted by Crippen LogP contribution is -2.38. The summed E-state index contributed by atoms with van der Waals surface area (Å²) in [5.41, 5.74) is 5.13. The molecule has 6 heteroatoms. The molecule has 2 N–H and O–H groups in total. The minimum atomic E-state index is -0.510. The van der Waals surface area contributed by atoms with Gasteiger partial charge in [0.15, 0.2) is 0 Å². The van der Waals surface area contributed by atoms with Crippen molar-refractivity contribution in [2.24, 2.45) is 0 Å². The van der Waals surface area contributed by atoms with E-state index in [1.165, 1.54) is 23.3 Å². The van der Waals surface area contributed by atoms with E-state index < -0.39 is 11.1 Å². The average Bonchev–Trinajstić information content (AvgIpc) is 2.68. The number of rotatable bonds is 3. The fourth-order valence-corrected chi connectivity index (χ4v) is 3.28. The van der Waals surface area contributed by atoms with Gasteiger partial charge in [0.1, 0.15) is 6.17 Å². The Morgan fingerprint density at radius 1 is 0.926 bits per heavy atom. The summed E-state index contributed by atoms with van der Waals surface area (Å²) in [4.78, 5) is 22.8. The van der Waals surface area contributed by atoms with Crippen molar-refractivity contribution in [3.63, 3.8) is 0 Å². The molecule has 4 rings (SSSR count). The number of hydrogen-bond donors (Lipinski definition) is 2. The van der Waals surface area contributed by atoms with Gasteiger partial charge in [0.2, 0.25) is 0 Å². The van der Waals surface area contributed by atoms with Gasteiger partial charge in [-0.1, -0.05) is 48.5 Å². The molecule has 1 atom stereocenters. The zero-order chi connectivity index (χ0) is 19.0. The van der Waals surface area contributed by atoms with Crippen LogP contribution in [-0.2, 0) is 0 Å². The molecule has 0 saturated carbocycles. The summed E-state index contributed by atoms with van der Waals surface area (Å²) in [7, 11) is 0. The van der Waals surface area contributed by atoms with Crippen LogP contribution in [0.2, 0.25) is 0 Å². The third-order valence-corrected chi connectivity index (χ3v) is 4.73. The van der Waals surface area contributed by atoms with Crippen molar-refractivity contribution >= 4 is 17.3 Å². The maximum absolute atomic E-state index is 12.4. The molecule has 0 radical (unpaired) electrons. The summed E-state index contributed by atoms with van der Waals surface area (Å²) in [6.45, 7) is 2.07. The summed E-state index contributed by atoms with van der Waals surface area (Å²) >= 11 is 0. The van der Waals surface area contributed by atoms with E-state index in [0.29, 0.717) is 5.69 Å². The second-order valence-corrected chi connectivity index (χ2v) is 6.47. The number of amides is 1. The molecule has 6 nitrogen and oxygen atoms in total. The Labute approximate surface area is 156 Å². The monoisotopic (exact) mass is 359 g/mol. The van der Waals surface area contributed by atoms with Crippen LogP contribution in [0.1, 0.15) is 27.7 Å². The second kappa shape index (κ2) is 6.57. The Balaban J connectivity index is 1.61. The van der Waals surface area contributed by atoms with Gasteiger partial charge in [0.05, 0.1) is 10.5 Å². The molecule has 1 aliphatic rings. The lowest BCUT2D eigenvalue weighted by Gasteiger charge is -2.28. The number of hydrogen-bond acceptors (Lipinski definition) is 4. The van der Waals surface area contributed by atoms with Gasteiger partial charge in [-0.2, -0.15) is 0 Å². The summed E-state index contributed by atoms with van der Waals surface area (Å²) in [6, 6.07) is 20.4. The Hall–Kier alpha value is -3.67. The van der Waals surface area contributed by atoms with Crippen molar-refractivity contribution in [3.8, 4) is 11.1 Å². The molecule has 134 valence electrons. The number of nitrogens with zero attached hydrogens (tertiary/aromatic N) is 1. The van der Waals surface area contributed by atoms with Crippen LogP contribution in [0.3, 0.4) is 0 Å². The van der Waals surface area contributed by atoms with Gasteiger partial charge < -0.3 is 10.6 Å². The highest BCUT2D eigenvalue weighted by Crippen LogP contribution is 2.31. The Bertz CT molecular complexity index is 1040. The molecule has 3 aromatic carbocycles. The lowest BCUT2D eigenvalue weighted by molar-refractivity contribution is -0.384. The van der Waals surface area contributed by atoms with Crippen LogP contribution >= 0.6 is 0 Å². The number of fused-ring (bicyclic) bond motifs is 1. The summed E-state index contributed by atoms with van der Waals surface area (Å²) in [5.74, 6) is -0.333. The topological polar surface area (TPSA) is 84.3 Å². The predicted molar refractivity (Wildman–Crippen MR) is 104 cm³/mol. The smallest absolute Gasteiger partial charge is 0.270 e. The van der Waals surface area contributed by atoms with Gasteiger partial charge in [-0.05, 0) is 35.2 Å². The first-order chi connectivity index (χ1) is 13.0. The fraction of sp³-hybridized carbons (Fsp3) is 0.0952. The molecule has 1 aliphatic heterocycles. The SMILES string of the molecule is Cc1ccccc1-c1ccc(C2NC(=O)c3cc([N+](=O)[O-])ccc3N2)cc1. The largest absolute Gasteiger partial charge is 0.361 e. The van der Waals surface area contributed by atoms with E-state index in [1.807, 2.05) is 36.4 Å². The van der Waals surface area contributed by atoms with Crippen molar-refractivity contribution in [2.45, 2.75) is 13.1 Å². The first-order valence-corrected chi connectivity index (χ1v) is 8.55. The van der Waals surface area contributed by atoms with Crippen molar-refractivity contribution in [1.82, 2.24) is 5.32 Å². The van der Waals surface area contributed by atoms with Crippen LogP contribution in [0.4, 0.5) is 11.4 Å². The summed E-state index contributed by atoms with van der Waals surface area (Å²) in [6.07, 6.45) is -0.391. The van der Waals surface area contributed by atoms with Crippen molar-refractivity contribution in [3.05, 3.63) is 93.5 Å². The molecule has 27 heavy (non-hydrogen) atoms. The Morgan fingerprint density at radius 2 is 1.67 bits per heavy atom. The quantitative estimate of drug-likeness (QED) is 0.535. The second-order valence-electron chi connectivity index (χ2n) is 6.47. The number of aryl methyl sites for hydroxylation is 1. The number of anilines is 1. The summed E-state index contributed by atoms with van der Waals surface area (Å²) < 4.78 is 0. The van der Waals surface area contributed by atoms with Crippen LogP contribution in [0.15, 0.2) is 66.7 Å². The number of benzene rings is 3.